The van der Waals surface area contributed by atoms with Gasteiger partial charge in [0.1, 0.15) is 24.4 Å². The summed E-state index contributed by atoms with van der Waals surface area (Å²) in [4.78, 5) is 11.3. The van der Waals surface area contributed by atoms with Gasteiger partial charge in [0.15, 0.2) is 6.29 Å². The fraction of sp³-hybridized carbons (Fsp3) is 0.963. The smallest absolute Gasteiger partial charge is 0.547 e. The molecule has 0 amide bonds. The Bertz CT molecular complexity index is 839. The number of hydrogen-bond donors (Lipinski definition) is 4. The van der Waals surface area contributed by atoms with E-state index in [1.54, 1.807) is 0 Å². The van der Waals surface area contributed by atoms with E-state index in [1.807, 2.05) is 6.92 Å². The molecule has 4 saturated carbocycles. The van der Waals surface area contributed by atoms with Crippen molar-refractivity contribution in [1.29, 1.82) is 0 Å². The van der Waals surface area contributed by atoms with Crippen LogP contribution in [0, 0.1) is 40.4 Å². The summed E-state index contributed by atoms with van der Waals surface area (Å²) in [6.45, 7) is 9.16. The Morgan fingerprint density at radius 1 is 0.944 bits per heavy atom. The van der Waals surface area contributed by atoms with Gasteiger partial charge >= 0.3 is 29.6 Å². The number of carboxylic acids is 1. The molecule has 0 bridgehead atoms. The zero-order valence-electron chi connectivity index (χ0n) is 22.4. The minimum atomic E-state index is -1.77. The third-order valence-corrected chi connectivity index (χ3v) is 11.7. The quantitative estimate of drug-likeness (QED) is 0.248. The SMILES string of the molecule is C[C@@H]1C[C@@H]2C[C@H](O[C@@H]3OC(C(=O)[O-])[C@@H](O)[C@@H](O)C3O)CC[C@]2(C)C2CC[C@@]3(C)C(CC[C@]3(C)O)C21.[Na+]. The van der Waals surface area contributed by atoms with E-state index < -0.39 is 42.3 Å². The molecule has 9 heteroatoms. The van der Waals surface area contributed by atoms with Gasteiger partial charge in [0.2, 0.25) is 0 Å². The maximum Gasteiger partial charge on any atom is 1.00 e. The number of carbonyl (C=O) groups excluding carboxylic acids is 1. The zero-order chi connectivity index (χ0) is 25.5. The molecule has 5 rings (SSSR count). The van der Waals surface area contributed by atoms with Gasteiger partial charge in [0.25, 0.3) is 0 Å². The average Bonchev–Trinajstić information content (AvgIpc) is 3.04. The summed E-state index contributed by atoms with van der Waals surface area (Å²) in [7, 11) is 0. The van der Waals surface area contributed by atoms with Crippen LogP contribution in [0.25, 0.3) is 0 Å². The number of fused-ring (bicyclic) bond motifs is 5. The van der Waals surface area contributed by atoms with Crippen LogP contribution in [0.15, 0.2) is 0 Å². The molecule has 0 spiro atoms. The van der Waals surface area contributed by atoms with Crippen molar-refractivity contribution in [2.75, 3.05) is 0 Å². The normalized spacial score (nSPS) is 56.6. The second-order valence-electron chi connectivity index (χ2n) is 13.2. The van der Waals surface area contributed by atoms with Gasteiger partial charge in [-0.15, -0.1) is 0 Å². The first-order valence-electron chi connectivity index (χ1n) is 13.6. The molecule has 0 aromatic carbocycles. The van der Waals surface area contributed by atoms with Crippen LogP contribution in [-0.4, -0.2) is 68.8 Å². The predicted octanol–water partition coefficient (Wildman–Crippen LogP) is -2.03. The van der Waals surface area contributed by atoms with Gasteiger partial charge in [-0.05, 0) is 98.7 Å². The standard InChI is InChI=1S/C27H44O8.Na/c1-13-11-14-12-15(34-24-21(30)19(28)20(29)22(35-24)23(31)32)5-8-25(14,2)16-6-9-26(3)17(18(13)16)7-10-27(26,4)33;/h13-22,24,28-30,33H,5-12H2,1-4H3,(H,31,32);/q;+1/p-1/t13-,14-,15-,16?,17?,18?,19-,20+,21?,22?,24-,25+,26+,27+;/m1./s1. The number of aliphatic hydroxyl groups excluding tert-OH is 3. The molecule has 0 aromatic heterocycles. The van der Waals surface area contributed by atoms with Crippen LogP contribution in [0.2, 0.25) is 0 Å². The van der Waals surface area contributed by atoms with Crippen molar-refractivity contribution in [3.05, 3.63) is 0 Å². The van der Waals surface area contributed by atoms with Gasteiger partial charge in [-0.3, -0.25) is 0 Å². The van der Waals surface area contributed by atoms with E-state index >= 15 is 0 Å². The van der Waals surface area contributed by atoms with Crippen molar-refractivity contribution in [2.24, 2.45) is 40.4 Å². The molecule has 14 atom stereocenters. The molecule has 36 heavy (non-hydrogen) atoms. The number of aliphatic hydroxyl groups is 4. The summed E-state index contributed by atoms with van der Waals surface area (Å²) in [6, 6.07) is 0. The Kier molecular flexibility index (Phi) is 8.12. The summed E-state index contributed by atoms with van der Waals surface area (Å²) >= 11 is 0. The third-order valence-electron chi connectivity index (χ3n) is 11.7. The number of carboxylic acid groups (broad SMARTS) is 1. The fourth-order valence-corrected chi connectivity index (χ4v) is 9.31. The van der Waals surface area contributed by atoms with E-state index in [1.165, 1.54) is 0 Å². The number of rotatable bonds is 3. The minimum Gasteiger partial charge on any atom is -0.547 e. The predicted molar refractivity (Wildman–Crippen MR) is 123 cm³/mol. The van der Waals surface area contributed by atoms with Gasteiger partial charge in [-0.25, -0.2) is 0 Å². The van der Waals surface area contributed by atoms with Crippen LogP contribution in [0.5, 0.6) is 0 Å². The molecule has 5 aliphatic rings. The molecule has 8 nitrogen and oxygen atoms in total. The number of ether oxygens (including phenoxy) is 2. The molecule has 1 aliphatic heterocycles. The molecule has 0 aromatic rings. The third kappa shape index (κ3) is 4.35. The van der Waals surface area contributed by atoms with Crippen LogP contribution >= 0.6 is 0 Å². The van der Waals surface area contributed by atoms with Crippen LogP contribution in [0.4, 0.5) is 0 Å². The second kappa shape index (κ2) is 10.0. The van der Waals surface area contributed by atoms with Crippen LogP contribution in [0.1, 0.15) is 79.1 Å². The van der Waals surface area contributed by atoms with Crippen LogP contribution in [0.3, 0.4) is 0 Å². The summed E-state index contributed by atoms with van der Waals surface area (Å²) < 4.78 is 11.4. The molecule has 4 N–H and O–H groups in total. The Hall–Kier alpha value is 0.230. The number of aliphatic carboxylic acids is 1. The van der Waals surface area contributed by atoms with Gasteiger partial charge < -0.3 is 39.8 Å². The molecule has 200 valence electrons. The summed E-state index contributed by atoms with van der Waals surface area (Å²) in [5.41, 5.74) is -0.419. The Morgan fingerprint density at radius 2 is 1.61 bits per heavy atom. The summed E-state index contributed by atoms with van der Waals surface area (Å²) in [6.07, 6.45) is -0.450. The molecule has 1 saturated heterocycles. The van der Waals surface area contributed by atoms with E-state index in [0.29, 0.717) is 29.6 Å². The van der Waals surface area contributed by atoms with Crippen molar-refractivity contribution < 1.29 is 69.4 Å². The van der Waals surface area contributed by atoms with Gasteiger partial charge in [0, 0.05) is 0 Å². The first-order valence-corrected chi connectivity index (χ1v) is 13.6. The molecule has 5 fully saturated rings. The number of hydrogen-bond acceptors (Lipinski definition) is 8. The first kappa shape index (κ1) is 29.2. The van der Waals surface area contributed by atoms with E-state index in [4.69, 9.17) is 9.47 Å². The Morgan fingerprint density at radius 3 is 2.28 bits per heavy atom. The van der Waals surface area contributed by atoms with Gasteiger partial charge in [-0.2, -0.15) is 0 Å². The van der Waals surface area contributed by atoms with Crippen LogP contribution in [-0.2, 0) is 14.3 Å². The molecule has 4 aliphatic carbocycles. The van der Waals surface area contributed by atoms with E-state index in [0.717, 1.165) is 51.4 Å². The summed E-state index contributed by atoms with van der Waals surface area (Å²) in [5.74, 6) is 1.13. The topological polar surface area (TPSA) is 140 Å². The van der Waals surface area contributed by atoms with Crippen LogP contribution < -0.4 is 34.7 Å². The van der Waals surface area contributed by atoms with Crippen molar-refractivity contribution in [3.8, 4) is 0 Å². The molecule has 5 unspecified atom stereocenters. The van der Waals surface area contributed by atoms with E-state index in [9.17, 15) is 30.3 Å². The molecule has 1 heterocycles. The average molecular weight is 519 g/mol. The monoisotopic (exact) mass is 518 g/mol. The number of carbonyl (C=O) groups is 1. The van der Waals surface area contributed by atoms with Crippen molar-refractivity contribution in [1.82, 2.24) is 0 Å². The van der Waals surface area contributed by atoms with Gasteiger partial charge in [-0.1, -0.05) is 20.8 Å². The maximum absolute atomic E-state index is 11.3. The van der Waals surface area contributed by atoms with Crippen molar-refractivity contribution >= 4 is 5.97 Å². The minimum absolute atomic E-state index is 0. The Labute approximate surface area is 236 Å². The molecule has 0 radical (unpaired) electrons. The Balaban J connectivity index is 0.00000304. The van der Waals surface area contributed by atoms with Crippen molar-refractivity contribution in [2.45, 2.75) is 121 Å². The fourth-order valence-electron chi connectivity index (χ4n) is 9.31. The molecular weight excluding hydrogens is 475 g/mol. The first-order chi connectivity index (χ1) is 16.3. The molecular formula is C27H43NaO8. The second-order valence-corrected chi connectivity index (χ2v) is 13.2. The largest absolute Gasteiger partial charge is 1.00 e. The van der Waals surface area contributed by atoms with Gasteiger partial charge in [0.05, 0.1) is 17.7 Å². The van der Waals surface area contributed by atoms with E-state index in [-0.39, 0.29) is 46.5 Å². The van der Waals surface area contributed by atoms with Crippen molar-refractivity contribution in [3.63, 3.8) is 0 Å². The summed E-state index contributed by atoms with van der Waals surface area (Å²) in [5, 5.41) is 53.0. The maximum atomic E-state index is 11.3. The van der Waals surface area contributed by atoms with E-state index in [2.05, 4.69) is 20.8 Å². The zero-order valence-corrected chi connectivity index (χ0v) is 24.4.